The molecular formula is C8H6BrClO3S. The first kappa shape index (κ1) is 10.3. The highest BCUT2D eigenvalue weighted by Gasteiger charge is 2.24. The summed E-state index contributed by atoms with van der Waals surface area (Å²) < 4.78 is 28.3. The number of rotatable bonds is 1. The lowest BCUT2D eigenvalue weighted by molar-refractivity contribution is 0.349. The normalized spacial score (nSPS) is 15.0. The molecule has 1 aliphatic heterocycles. The largest absolute Gasteiger partial charge is 0.492 e. The quantitative estimate of drug-likeness (QED) is 0.747. The fourth-order valence-electron chi connectivity index (χ4n) is 1.42. The van der Waals surface area contributed by atoms with Crippen LogP contribution < -0.4 is 4.74 Å². The van der Waals surface area contributed by atoms with Crippen LogP contribution in [0.2, 0.25) is 0 Å². The Labute approximate surface area is 94.6 Å². The van der Waals surface area contributed by atoms with E-state index in [0.29, 0.717) is 23.2 Å². The molecule has 1 aliphatic rings. The maximum atomic E-state index is 11.2. The van der Waals surface area contributed by atoms with E-state index >= 15 is 0 Å². The molecule has 1 aromatic carbocycles. The molecule has 0 atom stereocenters. The number of hydrogen-bond acceptors (Lipinski definition) is 3. The Morgan fingerprint density at radius 2 is 2.14 bits per heavy atom. The molecule has 0 saturated carbocycles. The second-order valence-corrected chi connectivity index (χ2v) is 6.38. The molecule has 0 unspecified atom stereocenters. The first-order valence-corrected chi connectivity index (χ1v) is 6.98. The molecule has 6 heteroatoms. The van der Waals surface area contributed by atoms with E-state index in [0.717, 1.165) is 5.56 Å². The first-order valence-electron chi connectivity index (χ1n) is 3.88. The lowest BCUT2D eigenvalue weighted by Crippen LogP contribution is -1.95. The lowest BCUT2D eigenvalue weighted by Gasteiger charge is -2.05. The van der Waals surface area contributed by atoms with Gasteiger partial charge in [-0.1, -0.05) is 15.9 Å². The van der Waals surface area contributed by atoms with Crippen LogP contribution in [0.25, 0.3) is 0 Å². The van der Waals surface area contributed by atoms with Crippen LogP contribution in [0.15, 0.2) is 21.5 Å². The Hall–Kier alpha value is -0.260. The minimum absolute atomic E-state index is 0.0426. The van der Waals surface area contributed by atoms with Crippen LogP contribution in [0.5, 0.6) is 5.75 Å². The van der Waals surface area contributed by atoms with Gasteiger partial charge in [0.25, 0.3) is 9.05 Å². The van der Waals surface area contributed by atoms with E-state index in [-0.39, 0.29) is 4.90 Å². The van der Waals surface area contributed by atoms with Crippen LogP contribution in [-0.4, -0.2) is 15.0 Å². The zero-order chi connectivity index (χ0) is 10.3. The van der Waals surface area contributed by atoms with Gasteiger partial charge in [0.1, 0.15) is 10.6 Å². The Kier molecular flexibility index (Phi) is 2.49. The van der Waals surface area contributed by atoms with E-state index in [9.17, 15) is 8.42 Å². The molecule has 0 spiro atoms. The van der Waals surface area contributed by atoms with Gasteiger partial charge >= 0.3 is 0 Å². The van der Waals surface area contributed by atoms with Gasteiger partial charge in [-0.05, 0) is 12.1 Å². The van der Waals surface area contributed by atoms with Gasteiger partial charge in [-0.3, -0.25) is 0 Å². The highest BCUT2D eigenvalue weighted by molar-refractivity contribution is 9.10. The van der Waals surface area contributed by atoms with Crippen LogP contribution in [0.3, 0.4) is 0 Å². The van der Waals surface area contributed by atoms with Crippen molar-refractivity contribution >= 4 is 35.7 Å². The molecule has 14 heavy (non-hydrogen) atoms. The Bertz CT molecular complexity index is 484. The van der Waals surface area contributed by atoms with Crippen molar-refractivity contribution in [1.82, 2.24) is 0 Å². The average molecular weight is 298 g/mol. The van der Waals surface area contributed by atoms with E-state index in [1.54, 1.807) is 0 Å². The maximum absolute atomic E-state index is 11.2. The van der Waals surface area contributed by atoms with Crippen LogP contribution in [-0.2, 0) is 15.5 Å². The monoisotopic (exact) mass is 296 g/mol. The number of halogens is 2. The van der Waals surface area contributed by atoms with E-state index < -0.39 is 9.05 Å². The van der Waals surface area contributed by atoms with Gasteiger partial charge < -0.3 is 4.74 Å². The van der Waals surface area contributed by atoms with Gasteiger partial charge in [-0.2, -0.15) is 0 Å². The molecule has 1 heterocycles. The third-order valence-electron chi connectivity index (χ3n) is 1.98. The summed E-state index contributed by atoms with van der Waals surface area (Å²) in [6.45, 7) is 0.505. The number of fused-ring (bicyclic) bond motifs is 1. The molecule has 1 aromatic rings. The van der Waals surface area contributed by atoms with Crippen molar-refractivity contribution in [2.45, 2.75) is 11.3 Å². The smallest absolute Gasteiger partial charge is 0.265 e. The third kappa shape index (κ3) is 1.76. The predicted molar refractivity (Wildman–Crippen MR) is 56.4 cm³/mol. The van der Waals surface area contributed by atoms with E-state index in [2.05, 4.69) is 15.9 Å². The topological polar surface area (TPSA) is 43.4 Å². The van der Waals surface area contributed by atoms with Crippen molar-refractivity contribution in [1.29, 1.82) is 0 Å². The third-order valence-corrected chi connectivity index (χ3v) is 3.76. The van der Waals surface area contributed by atoms with Gasteiger partial charge in [0.15, 0.2) is 0 Å². The first-order chi connectivity index (χ1) is 6.48. The van der Waals surface area contributed by atoms with Crippen LogP contribution in [0.1, 0.15) is 5.56 Å². The van der Waals surface area contributed by atoms with Gasteiger partial charge in [0, 0.05) is 27.1 Å². The van der Waals surface area contributed by atoms with Crippen molar-refractivity contribution < 1.29 is 13.2 Å². The van der Waals surface area contributed by atoms with Crippen molar-refractivity contribution in [2.24, 2.45) is 0 Å². The summed E-state index contributed by atoms with van der Waals surface area (Å²) in [5, 5.41) is 0. The molecule has 0 saturated heterocycles. The maximum Gasteiger partial charge on any atom is 0.265 e. The van der Waals surface area contributed by atoms with Crippen molar-refractivity contribution in [3.8, 4) is 5.75 Å². The second kappa shape index (κ2) is 3.40. The number of hydrogen-bond donors (Lipinski definition) is 0. The van der Waals surface area contributed by atoms with Crippen LogP contribution >= 0.6 is 26.6 Å². The zero-order valence-corrected chi connectivity index (χ0v) is 10.1. The van der Waals surface area contributed by atoms with Crippen molar-refractivity contribution in [2.75, 3.05) is 6.61 Å². The Balaban J connectivity index is 2.72. The molecule has 0 N–H and O–H groups in total. The molecule has 0 amide bonds. The van der Waals surface area contributed by atoms with E-state index in [1.165, 1.54) is 6.07 Å². The molecular weight excluding hydrogens is 292 g/mol. The highest BCUT2D eigenvalue weighted by Crippen LogP contribution is 2.37. The zero-order valence-electron chi connectivity index (χ0n) is 6.96. The number of benzene rings is 1. The van der Waals surface area contributed by atoms with Gasteiger partial charge in [-0.15, -0.1) is 0 Å². The fraction of sp³-hybridized carbons (Fsp3) is 0.250. The van der Waals surface area contributed by atoms with Crippen LogP contribution in [0.4, 0.5) is 0 Å². The predicted octanol–water partition coefficient (Wildman–Crippen LogP) is 2.31. The SMILES string of the molecule is O=S(=O)(Cl)c1cc(Br)cc2c1OCC2. The second-order valence-electron chi connectivity index (χ2n) is 2.93. The standard InChI is InChI=1S/C8H6BrClO3S/c9-6-3-5-1-2-13-8(5)7(4-6)14(10,11)12/h3-4H,1-2H2. The minimum atomic E-state index is -3.73. The summed E-state index contributed by atoms with van der Waals surface area (Å²) in [5.41, 5.74) is 0.874. The van der Waals surface area contributed by atoms with Crippen molar-refractivity contribution in [3.05, 3.63) is 22.2 Å². The summed E-state index contributed by atoms with van der Waals surface area (Å²) in [5.74, 6) is 0.392. The van der Waals surface area contributed by atoms with Crippen molar-refractivity contribution in [3.63, 3.8) is 0 Å². The summed E-state index contributed by atoms with van der Waals surface area (Å²) in [6, 6.07) is 3.29. The van der Waals surface area contributed by atoms with Gasteiger partial charge in [0.2, 0.25) is 0 Å². The minimum Gasteiger partial charge on any atom is -0.492 e. The average Bonchev–Trinajstić information content (AvgIpc) is 2.47. The lowest BCUT2D eigenvalue weighted by atomic mass is 10.2. The Morgan fingerprint density at radius 1 is 1.43 bits per heavy atom. The molecule has 0 aromatic heterocycles. The van der Waals surface area contributed by atoms with Gasteiger partial charge in [0.05, 0.1) is 6.61 Å². The summed E-state index contributed by atoms with van der Waals surface area (Å²) in [6.07, 6.45) is 0.716. The summed E-state index contributed by atoms with van der Waals surface area (Å²) >= 11 is 3.23. The summed E-state index contributed by atoms with van der Waals surface area (Å²) in [4.78, 5) is 0.0426. The molecule has 76 valence electrons. The van der Waals surface area contributed by atoms with Crippen LogP contribution in [0, 0.1) is 0 Å². The van der Waals surface area contributed by atoms with Gasteiger partial charge in [-0.25, -0.2) is 8.42 Å². The summed E-state index contributed by atoms with van der Waals surface area (Å²) in [7, 11) is 1.55. The molecule has 0 fully saturated rings. The molecule has 3 nitrogen and oxygen atoms in total. The highest BCUT2D eigenvalue weighted by atomic mass is 79.9. The molecule has 0 radical (unpaired) electrons. The molecule has 0 aliphatic carbocycles. The van der Waals surface area contributed by atoms with E-state index in [1.807, 2.05) is 6.07 Å². The number of ether oxygens (including phenoxy) is 1. The fourth-order valence-corrected chi connectivity index (χ4v) is 3.10. The Morgan fingerprint density at radius 3 is 2.79 bits per heavy atom. The molecule has 0 bridgehead atoms. The molecule has 2 rings (SSSR count). The van der Waals surface area contributed by atoms with E-state index in [4.69, 9.17) is 15.4 Å².